The third-order valence-corrected chi connectivity index (χ3v) is 5.71. The van der Waals surface area contributed by atoms with Crippen LogP contribution in [0.15, 0.2) is 24.3 Å². The number of hydrogen-bond donors (Lipinski definition) is 2. The van der Waals surface area contributed by atoms with E-state index in [0.29, 0.717) is 12.1 Å². The number of alkyl carbamates (subject to hydrolysis) is 1. The molecule has 0 aromatic heterocycles. The summed E-state index contributed by atoms with van der Waals surface area (Å²) in [7, 11) is 0. The van der Waals surface area contributed by atoms with Crippen LogP contribution in [-0.2, 0) is 23.9 Å². The van der Waals surface area contributed by atoms with Crippen molar-refractivity contribution in [2.75, 3.05) is 26.2 Å². The maximum absolute atomic E-state index is 13.5. The monoisotopic (exact) mass is 533 g/mol. The van der Waals surface area contributed by atoms with E-state index in [4.69, 9.17) is 9.47 Å². The minimum atomic E-state index is -0.916. The molecule has 0 aliphatic heterocycles. The number of nitrogens with one attached hydrogen (secondary N) is 2. The number of carbonyl (C=O) groups is 4. The molecular formula is C29H47N3O6. The van der Waals surface area contributed by atoms with Gasteiger partial charge in [0.15, 0.2) is 0 Å². The van der Waals surface area contributed by atoms with Gasteiger partial charge >= 0.3 is 12.1 Å². The fourth-order valence-corrected chi connectivity index (χ4v) is 3.95. The lowest BCUT2D eigenvalue weighted by Crippen LogP contribution is -2.48. The first-order chi connectivity index (χ1) is 18.0. The van der Waals surface area contributed by atoms with Crippen molar-refractivity contribution in [2.24, 2.45) is 0 Å². The first-order valence-corrected chi connectivity index (χ1v) is 13.7. The van der Waals surface area contributed by atoms with Crippen LogP contribution in [0.2, 0.25) is 0 Å². The molecule has 0 saturated carbocycles. The molecule has 214 valence electrons. The molecule has 1 atom stereocenters. The van der Waals surface area contributed by atoms with E-state index < -0.39 is 35.5 Å². The molecule has 38 heavy (non-hydrogen) atoms. The number of nitrogens with zero attached hydrogens (tertiary/aromatic N) is 1. The number of rotatable bonds is 16. The van der Waals surface area contributed by atoms with Crippen LogP contribution in [0.3, 0.4) is 0 Å². The summed E-state index contributed by atoms with van der Waals surface area (Å²) in [6.45, 7) is 11.4. The zero-order chi connectivity index (χ0) is 28.6. The van der Waals surface area contributed by atoms with Gasteiger partial charge in [-0.1, -0.05) is 68.9 Å². The third kappa shape index (κ3) is 13.4. The Bertz CT molecular complexity index is 897. The fourth-order valence-electron chi connectivity index (χ4n) is 3.95. The topological polar surface area (TPSA) is 114 Å². The van der Waals surface area contributed by atoms with E-state index in [1.54, 1.807) is 27.7 Å². The van der Waals surface area contributed by atoms with Crippen LogP contribution in [0.5, 0.6) is 0 Å². The van der Waals surface area contributed by atoms with Crippen molar-refractivity contribution in [3.8, 4) is 0 Å². The fraction of sp³-hybridized carbons (Fsp3) is 0.655. The second-order valence-electron chi connectivity index (χ2n) is 10.4. The van der Waals surface area contributed by atoms with Crippen LogP contribution in [0.4, 0.5) is 4.79 Å². The number of amides is 3. The summed E-state index contributed by atoms with van der Waals surface area (Å²) in [5.41, 5.74) is 0.912. The van der Waals surface area contributed by atoms with Crippen molar-refractivity contribution in [2.45, 2.75) is 98.1 Å². The zero-order valence-corrected chi connectivity index (χ0v) is 24.1. The highest BCUT2D eigenvalue weighted by Gasteiger charge is 2.31. The van der Waals surface area contributed by atoms with Gasteiger partial charge in [-0.15, -0.1) is 0 Å². The highest BCUT2D eigenvalue weighted by Crippen LogP contribution is 2.24. The molecule has 1 aromatic carbocycles. The molecular weight excluding hydrogens is 486 g/mol. The summed E-state index contributed by atoms with van der Waals surface area (Å²) < 4.78 is 10.2. The highest BCUT2D eigenvalue weighted by atomic mass is 16.6. The highest BCUT2D eigenvalue weighted by molar-refractivity contribution is 5.90. The van der Waals surface area contributed by atoms with Crippen molar-refractivity contribution < 1.29 is 28.7 Å². The Morgan fingerprint density at radius 1 is 0.974 bits per heavy atom. The minimum absolute atomic E-state index is 0.0334. The van der Waals surface area contributed by atoms with Crippen LogP contribution < -0.4 is 10.6 Å². The summed E-state index contributed by atoms with van der Waals surface area (Å²) in [5, 5.41) is 5.32. The minimum Gasteiger partial charge on any atom is -0.466 e. The van der Waals surface area contributed by atoms with Gasteiger partial charge in [-0.2, -0.15) is 0 Å². The molecule has 3 amide bonds. The lowest BCUT2D eigenvalue weighted by atomic mass is 10.0. The quantitative estimate of drug-likeness (QED) is 0.233. The van der Waals surface area contributed by atoms with Gasteiger partial charge in [0.2, 0.25) is 11.8 Å². The molecule has 9 heteroatoms. The third-order valence-electron chi connectivity index (χ3n) is 5.71. The van der Waals surface area contributed by atoms with E-state index in [0.717, 1.165) is 44.1 Å². The van der Waals surface area contributed by atoms with Gasteiger partial charge in [0, 0.05) is 13.1 Å². The van der Waals surface area contributed by atoms with Crippen molar-refractivity contribution in [1.29, 1.82) is 0 Å². The van der Waals surface area contributed by atoms with Gasteiger partial charge in [0.1, 0.15) is 18.2 Å². The number of esters is 1. The Morgan fingerprint density at radius 2 is 1.66 bits per heavy atom. The number of ether oxygens (including phenoxy) is 2. The predicted octanol–water partition coefficient (Wildman–Crippen LogP) is 4.82. The SMILES string of the molecule is CCCCCCCCN(C(=O)CNC(=O)OC(C)(C)C)C(C(=O)NCCC(=O)OCC)c1cccc(C)c1. The summed E-state index contributed by atoms with van der Waals surface area (Å²) >= 11 is 0. The Morgan fingerprint density at radius 3 is 2.29 bits per heavy atom. The van der Waals surface area contributed by atoms with E-state index in [1.807, 2.05) is 31.2 Å². The maximum Gasteiger partial charge on any atom is 0.408 e. The normalized spacial score (nSPS) is 11.8. The molecule has 0 saturated heterocycles. The Kier molecular flexibility index (Phi) is 15.1. The molecule has 0 fully saturated rings. The molecule has 1 aromatic rings. The van der Waals surface area contributed by atoms with Crippen molar-refractivity contribution in [3.05, 3.63) is 35.4 Å². The number of carbonyl (C=O) groups excluding carboxylic acids is 4. The maximum atomic E-state index is 13.5. The zero-order valence-electron chi connectivity index (χ0n) is 24.1. The van der Waals surface area contributed by atoms with Crippen LogP contribution in [0, 0.1) is 6.92 Å². The standard InChI is InChI=1S/C29H47N3O6/c1-7-9-10-11-12-13-19-32(24(33)21-31-28(36)38-29(4,5)6)26(23-16-14-15-22(3)20-23)27(35)30-18-17-25(34)37-8-2/h14-16,20,26H,7-13,17-19,21H2,1-6H3,(H,30,35)(H,31,36). The molecule has 0 bridgehead atoms. The van der Waals surface area contributed by atoms with Crippen LogP contribution in [0.25, 0.3) is 0 Å². The van der Waals surface area contributed by atoms with Crippen LogP contribution >= 0.6 is 0 Å². The summed E-state index contributed by atoms with van der Waals surface area (Å²) in [6, 6.07) is 6.53. The van der Waals surface area contributed by atoms with E-state index in [9.17, 15) is 19.2 Å². The Hall–Kier alpha value is -3.10. The second-order valence-corrected chi connectivity index (χ2v) is 10.4. The Labute approximate surface area is 228 Å². The molecule has 0 heterocycles. The predicted molar refractivity (Wildman–Crippen MR) is 148 cm³/mol. The molecule has 1 unspecified atom stereocenters. The smallest absolute Gasteiger partial charge is 0.408 e. The molecule has 0 radical (unpaired) electrons. The van der Waals surface area contributed by atoms with E-state index in [1.165, 1.54) is 4.90 Å². The van der Waals surface area contributed by atoms with E-state index in [2.05, 4.69) is 17.6 Å². The lowest BCUT2D eigenvalue weighted by Gasteiger charge is -2.32. The van der Waals surface area contributed by atoms with Gasteiger partial charge in [-0.05, 0) is 46.6 Å². The summed E-state index contributed by atoms with van der Waals surface area (Å²) in [5.74, 6) is -1.19. The van der Waals surface area contributed by atoms with Gasteiger partial charge in [0.05, 0.1) is 13.0 Å². The van der Waals surface area contributed by atoms with Gasteiger partial charge in [0.25, 0.3) is 0 Å². The molecule has 2 N–H and O–H groups in total. The average Bonchev–Trinajstić information content (AvgIpc) is 2.83. The molecule has 9 nitrogen and oxygen atoms in total. The Balaban J connectivity index is 3.12. The largest absolute Gasteiger partial charge is 0.466 e. The lowest BCUT2D eigenvalue weighted by molar-refractivity contribution is -0.143. The van der Waals surface area contributed by atoms with Crippen LogP contribution in [-0.4, -0.2) is 60.6 Å². The van der Waals surface area contributed by atoms with Crippen LogP contribution in [0.1, 0.15) is 96.7 Å². The summed E-state index contributed by atoms with van der Waals surface area (Å²) in [4.78, 5) is 52.4. The first kappa shape index (κ1) is 32.9. The van der Waals surface area contributed by atoms with Gasteiger partial charge in [-0.3, -0.25) is 14.4 Å². The van der Waals surface area contributed by atoms with Crippen molar-refractivity contribution in [1.82, 2.24) is 15.5 Å². The average molecular weight is 534 g/mol. The second kappa shape index (κ2) is 17.4. The first-order valence-electron chi connectivity index (χ1n) is 13.7. The van der Waals surface area contributed by atoms with E-state index >= 15 is 0 Å². The van der Waals surface area contributed by atoms with E-state index in [-0.39, 0.29) is 26.1 Å². The number of hydrogen-bond acceptors (Lipinski definition) is 6. The number of unbranched alkanes of at least 4 members (excludes halogenated alkanes) is 5. The van der Waals surface area contributed by atoms with Gasteiger partial charge in [-0.25, -0.2) is 4.79 Å². The molecule has 0 aliphatic carbocycles. The van der Waals surface area contributed by atoms with Crippen molar-refractivity contribution >= 4 is 23.9 Å². The molecule has 0 aliphatic rings. The number of aryl methyl sites for hydroxylation is 1. The van der Waals surface area contributed by atoms with Crippen molar-refractivity contribution in [3.63, 3.8) is 0 Å². The summed E-state index contributed by atoms with van der Waals surface area (Å²) in [6.07, 6.45) is 5.46. The molecule has 0 spiro atoms. The number of benzene rings is 1. The molecule has 1 rings (SSSR count). The van der Waals surface area contributed by atoms with Gasteiger partial charge < -0.3 is 25.0 Å².